The minimum absolute atomic E-state index is 0.499. The van der Waals surface area contributed by atoms with Crippen molar-refractivity contribution in [2.24, 2.45) is 11.8 Å². The van der Waals surface area contributed by atoms with Crippen LogP contribution in [0.2, 0.25) is 19.6 Å². The molecule has 0 spiro atoms. The van der Waals surface area contributed by atoms with Crippen LogP contribution in [0.5, 0.6) is 0 Å². The molecule has 0 aromatic carbocycles. The van der Waals surface area contributed by atoms with Gasteiger partial charge in [0.05, 0.1) is 0 Å². The van der Waals surface area contributed by atoms with Crippen molar-refractivity contribution in [3.8, 4) is 11.5 Å². The van der Waals surface area contributed by atoms with Crippen LogP contribution in [0, 0.1) is 23.3 Å². The van der Waals surface area contributed by atoms with Crippen molar-refractivity contribution < 1.29 is 5.11 Å². The van der Waals surface area contributed by atoms with E-state index in [0.717, 1.165) is 0 Å². The van der Waals surface area contributed by atoms with E-state index >= 15 is 0 Å². The van der Waals surface area contributed by atoms with Crippen LogP contribution in [0.15, 0.2) is 0 Å². The second-order valence-corrected chi connectivity index (χ2v) is 10.6. The van der Waals surface area contributed by atoms with E-state index in [1.165, 1.54) is 25.7 Å². The van der Waals surface area contributed by atoms with Crippen molar-refractivity contribution in [1.82, 2.24) is 0 Å². The summed E-state index contributed by atoms with van der Waals surface area (Å²) in [5, 5.41) is 10.5. The maximum absolute atomic E-state index is 10.5. The molecule has 0 aromatic heterocycles. The van der Waals surface area contributed by atoms with Crippen molar-refractivity contribution >= 4 is 8.07 Å². The highest BCUT2D eigenvalue weighted by Crippen LogP contribution is 2.51. The SMILES string of the molecule is C[Si](C)(C)C#CC(O)(C1CC1)C1CC1. The molecular formula is C12H20OSi. The third-order valence-corrected chi connectivity index (χ3v) is 3.91. The Bertz CT molecular complexity index is 272. The third-order valence-electron chi connectivity index (χ3n) is 3.04. The van der Waals surface area contributed by atoms with Gasteiger partial charge in [0, 0.05) is 0 Å². The van der Waals surface area contributed by atoms with Crippen LogP contribution in [0.1, 0.15) is 25.7 Å². The zero-order chi connectivity index (χ0) is 10.4. The van der Waals surface area contributed by atoms with Gasteiger partial charge in [-0.25, -0.2) is 0 Å². The van der Waals surface area contributed by atoms with Gasteiger partial charge in [-0.05, 0) is 37.5 Å². The zero-order valence-corrected chi connectivity index (χ0v) is 10.4. The van der Waals surface area contributed by atoms with Crippen LogP contribution in [0.4, 0.5) is 0 Å². The summed E-state index contributed by atoms with van der Waals surface area (Å²) in [6.07, 6.45) is 4.75. The summed E-state index contributed by atoms with van der Waals surface area (Å²) in [5.41, 5.74) is 2.75. The van der Waals surface area contributed by atoms with Gasteiger partial charge in [-0.15, -0.1) is 5.54 Å². The fourth-order valence-corrected chi connectivity index (χ4v) is 2.45. The number of rotatable bonds is 2. The fourth-order valence-electron chi connectivity index (χ4n) is 1.87. The minimum atomic E-state index is -1.32. The van der Waals surface area contributed by atoms with Gasteiger partial charge in [0.1, 0.15) is 13.7 Å². The molecular weight excluding hydrogens is 188 g/mol. The topological polar surface area (TPSA) is 20.2 Å². The molecule has 0 aliphatic heterocycles. The molecule has 0 amide bonds. The molecule has 0 atom stereocenters. The average Bonchev–Trinajstić information content (AvgIpc) is 2.83. The summed E-state index contributed by atoms with van der Waals surface area (Å²) in [6, 6.07) is 0. The van der Waals surface area contributed by atoms with E-state index in [1.54, 1.807) is 0 Å². The summed E-state index contributed by atoms with van der Waals surface area (Å²) >= 11 is 0. The van der Waals surface area contributed by atoms with Crippen molar-refractivity contribution in [3.63, 3.8) is 0 Å². The lowest BCUT2D eigenvalue weighted by atomic mass is 9.93. The molecule has 0 heterocycles. The largest absolute Gasteiger partial charge is 0.377 e. The Morgan fingerprint density at radius 1 is 1.07 bits per heavy atom. The lowest BCUT2D eigenvalue weighted by Gasteiger charge is -2.22. The van der Waals surface area contributed by atoms with Gasteiger partial charge in [0.25, 0.3) is 0 Å². The summed E-state index contributed by atoms with van der Waals surface area (Å²) < 4.78 is 0. The van der Waals surface area contributed by atoms with Crippen molar-refractivity contribution in [2.75, 3.05) is 0 Å². The zero-order valence-electron chi connectivity index (χ0n) is 9.43. The van der Waals surface area contributed by atoms with Gasteiger partial charge in [-0.3, -0.25) is 0 Å². The summed E-state index contributed by atoms with van der Waals surface area (Å²) in [7, 11) is -1.32. The monoisotopic (exact) mass is 208 g/mol. The quantitative estimate of drug-likeness (QED) is 0.546. The smallest absolute Gasteiger partial charge is 0.130 e. The van der Waals surface area contributed by atoms with Crippen molar-refractivity contribution in [2.45, 2.75) is 50.9 Å². The summed E-state index contributed by atoms with van der Waals surface area (Å²) in [5.74, 6) is 4.23. The molecule has 2 aliphatic carbocycles. The van der Waals surface area contributed by atoms with Crippen LogP contribution >= 0.6 is 0 Å². The van der Waals surface area contributed by atoms with Gasteiger partial charge in [0.2, 0.25) is 0 Å². The molecule has 0 radical (unpaired) electrons. The van der Waals surface area contributed by atoms with Crippen LogP contribution in [0.3, 0.4) is 0 Å². The molecule has 2 rings (SSSR count). The van der Waals surface area contributed by atoms with E-state index in [1.807, 2.05) is 0 Å². The number of hydrogen-bond donors (Lipinski definition) is 1. The fraction of sp³-hybridized carbons (Fsp3) is 0.833. The maximum Gasteiger partial charge on any atom is 0.130 e. The predicted molar refractivity (Wildman–Crippen MR) is 61.5 cm³/mol. The van der Waals surface area contributed by atoms with E-state index in [-0.39, 0.29) is 0 Å². The molecule has 1 N–H and O–H groups in total. The van der Waals surface area contributed by atoms with E-state index in [2.05, 4.69) is 31.1 Å². The van der Waals surface area contributed by atoms with E-state index in [9.17, 15) is 5.11 Å². The molecule has 0 saturated heterocycles. The molecule has 2 heteroatoms. The molecule has 14 heavy (non-hydrogen) atoms. The van der Waals surface area contributed by atoms with Gasteiger partial charge in [-0.1, -0.05) is 25.6 Å². The van der Waals surface area contributed by atoms with E-state index in [0.29, 0.717) is 11.8 Å². The first kappa shape index (κ1) is 10.3. The first-order chi connectivity index (χ1) is 6.42. The molecule has 0 unspecified atom stereocenters. The molecule has 2 aliphatic rings. The molecule has 2 fully saturated rings. The standard InChI is InChI=1S/C12H20OSi/c1-14(2,3)9-8-12(13,10-4-5-10)11-6-7-11/h10-11,13H,4-7H2,1-3H3. The second kappa shape index (κ2) is 3.11. The van der Waals surface area contributed by atoms with Crippen molar-refractivity contribution in [3.05, 3.63) is 0 Å². The van der Waals surface area contributed by atoms with E-state index < -0.39 is 13.7 Å². The molecule has 2 saturated carbocycles. The lowest BCUT2D eigenvalue weighted by Crippen LogP contribution is -2.33. The van der Waals surface area contributed by atoms with Crippen LogP contribution < -0.4 is 0 Å². The Morgan fingerprint density at radius 2 is 1.50 bits per heavy atom. The third kappa shape index (κ3) is 2.21. The minimum Gasteiger partial charge on any atom is -0.377 e. The number of aliphatic hydroxyl groups is 1. The molecule has 0 aromatic rings. The van der Waals surface area contributed by atoms with Gasteiger partial charge in [0.15, 0.2) is 0 Å². The molecule has 0 bridgehead atoms. The van der Waals surface area contributed by atoms with Gasteiger partial charge < -0.3 is 5.11 Å². The van der Waals surface area contributed by atoms with Gasteiger partial charge in [-0.2, -0.15) is 0 Å². The first-order valence-corrected chi connectivity index (χ1v) is 9.18. The Kier molecular flexibility index (Phi) is 2.28. The second-order valence-electron chi connectivity index (χ2n) is 5.87. The predicted octanol–water partition coefficient (Wildman–Crippen LogP) is 2.42. The van der Waals surface area contributed by atoms with Crippen molar-refractivity contribution in [1.29, 1.82) is 0 Å². The number of hydrogen-bond acceptors (Lipinski definition) is 1. The lowest BCUT2D eigenvalue weighted by molar-refractivity contribution is 0.0547. The Hall–Kier alpha value is -0.263. The Balaban J connectivity index is 2.13. The molecule has 1 nitrogen and oxygen atoms in total. The highest BCUT2D eigenvalue weighted by molar-refractivity contribution is 6.83. The van der Waals surface area contributed by atoms with Crippen LogP contribution in [-0.2, 0) is 0 Å². The molecule has 78 valence electrons. The average molecular weight is 208 g/mol. The highest BCUT2D eigenvalue weighted by Gasteiger charge is 2.52. The van der Waals surface area contributed by atoms with Crippen LogP contribution in [0.25, 0.3) is 0 Å². The highest BCUT2D eigenvalue weighted by atomic mass is 28.3. The van der Waals surface area contributed by atoms with Gasteiger partial charge >= 0.3 is 0 Å². The Morgan fingerprint density at radius 3 is 1.79 bits per heavy atom. The van der Waals surface area contributed by atoms with E-state index in [4.69, 9.17) is 0 Å². The summed E-state index contributed by atoms with van der Waals surface area (Å²) in [6.45, 7) is 6.71. The normalized spacial score (nSPS) is 22.9. The first-order valence-electron chi connectivity index (χ1n) is 5.68. The van der Waals surface area contributed by atoms with Crippen LogP contribution in [-0.4, -0.2) is 18.8 Å². The maximum atomic E-state index is 10.5. The Labute approximate surface area is 87.9 Å². The summed E-state index contributed by atoms with van der Waals surface area (Å²) in [4.78, 5) is 0.